The molecule has 1 heterocycles. The van der Waals surface area contributed by atoms with Gasteiger partial charge in [-0.3, -0.25) is 0 Å². The Labute approximate surface area is 116 Å². The Morgan fingerprint density at radius 2 is 2.05 bits per heavy atom. The van der Waals surface area contributed by atoms with Crippen LogP contribution in [0.1, 0.15) is 35.9 Å². The second-order valence-electron chi connectivity index (χ2n) is 4.82. The van der Waals surface area contributed by atoms with Gasteiger partial charge in [-0.05, 0) is 30.2 Å². The first-order valence-electron chi connectivity index (χ1n) is 6.32. The van der Waals surface area contributed by atoms with Crippen LogP contribution >= 0.6 is 0 Å². The van der Waals surface area contributed by atoms with Gasteiger partial charge in [-0.2, -0.15) is 4.98 Å². The van der Waals surface area contributed by atoms with E-state index in [2.05, 4.69) is 24.0 Å². The van der Waals surface area contributed by atoms with Crippen molar-refractivity contribution in [1.29, 1.82) is 0 Å². The molecule has 2 aromatic rings. The predicted octanol–water partition coefficient (Wildman–Crippen LogP) is 2.55. The van der Waals surface area contributed by atoms with Crippen molar-refractivity contribution < 1.29 is 19.2 Å². The topological polar surface area (TPSA) is 85.5 Å². The molecule has 0 fully saturated rings. The van der Waals surface area contributed by atoms with Crippen LogP contribution in [0.3, 0.4) is 0 Å². The van der Waals surface area contributed by atoms with Crippen molar-refractivity contribution in [2.24, 2.45) is 5.92 Å². The monoisotopic (exact) mass is 276 g/mol. The Bertz CT molecular complexity index is 575. The molecule has 0 saturated carbocycles. The molecule has 1 aromatic heterocycles. The number of hydrogen-bond donors (Lipinski definition) is 1. The van der Waals surface area contributed by atoms with Gasteiger partial charge in [-0.15, -0.1) is 0 Å². The summed E-state index contributed by atoms with van der Waals surface area (Å²) in [6, 6.07) is 6.16. The van der Waals surface area contributed by atoms with Crippen molar-refractivity contribution in [3.8, 4) is 5.75 Å². The van der Waals surface area contributed by atoms with Crippen LogP contribution in [-0.4, -0.2) is 21.2 Å². The minimum atomic E-state index is -0.965. The van der Waals surface area contributed by atoms with Gasteiger partial charge < -0.3 is 14.4 Å². The maximum Gasteiger partial charge on any atom is 0.335 e. The third-order valence-electron chi connectivity index (χ3n) is 2.56. The van der Waals surface area contributed by atoms with E-state index in [0.29, 0.717) is 23.4 Å². The molecule has 6 nitrogen and oxygen atoms in total. The molecule has 6 heteroatoms. The quantitative estimate of drug-likeness (QED) is 0.872. The molecule has 0 bridgehead atoms. The third kappa shape index (κ3) is 3.81. The lowest BCUT2D eigenvalue weighted by Crippen LogP contribution is -2.00. The molecule has 20 heavy (non-hydrogen) atoms. The molecule has 2 rings (SSSR count). The zero-order chi connectivity index (χ0) is 14.5. The summed E-state index contributed by atoms with van der Waals surface area (Å²) in [4.78, 5) is 14.9. The molecule has 1 N–H and O–H groups in total. The first-order chi connectivity index (χ1) is 9.54. The fraction of sp³-hybridized carbons (Fsp3) is 0.357. The van der Waals surface area contributed by atoms with Gasteiger partial charge in [0.2, 0.25) is 11.7 Å². The molecule has 1 aromatic carbocycles. The molecule has 0 radical (unpaired) electrons. The molecule has 0 aliphatic heterocycles. The maximum atomic E-state index is 10.7. The predicted molar refractivity (Wildman–Crippen MR) is 70.6 cm³/mol. The van der Waals surface area contributed by atoms with Crippen molar-refractivity contribution in [1.82, 2.24) is 10.1 Å². The Kier molecular flexibility index (Phi) is 4.34. The highest BCUT2D eigenvalue weighted by Gasteiger charge is 2.09. The molecule has 0 aliphatic rings. The Balaban J connectivity index is 1.91. The highest BCUT2D eigenvalue weighted by molar-refractivity contribution is 5.87. The van der Waals surface area contributed by atoms with E-state index in [1.165, 1.54) is 12.1 Å². The van der Waals surface area contributed by atoms with Crippen LogP contribution in [0, 0.1) is 5.92 Å². The molecular formula is C14H16N2O4. The zero-order valence-corrected chi connectivity index (χ0v) is 11.4. The summed E-state index contributed by atoms with van der Waals surface area (Å²) in [6.07, 6.45) is 0.736. The molecule has 0 saturated heterocycles. The van der Waals surface area contributed by atoms with Gasteiger partial charge in [0, 0.05) is 6.42 Å². The van der Waals surface area contributed by atoms with Gasteiger partial charge in [0.25, 0.3) is 0 Å². The van der Waals surface area contributed by atoms with E-state index in [4.69, 9.17) is 14.4 Å². The van der Waals surface area contributed by atoms with Gasteiger partial charge in [0.1, 0.15) is 5.75 Å². The first-order valence-corrected chi connectivity index (χ1v) is 6.32. The number of ether oxygens (including phenoxy) is 1. The van der Waals surface area contributed by atoms with Crippen LogP contribution in [0.4, 0.5) is 0 Å². The largest absolute Gasteiger partial charge is 0.485 e. The van der Waals surface area contributed by atoms with Gasteiger partial charge in [0.15, 0.2) is 6.61 Å². The van der Waals surface area contributed by atoms with E-state index in [9.17, 15) is 4.79 Å². The number of carboxylic acid groups (broad SMARTS) is 1. The van der Waals surface area contributed by atoms with E-state index < -0.39 is 5.97 Å². The van der Waals surface area contributed by atoms with Crippen LogP contribution < -0.4 is 4.74 Å². The smallest absolute Gasteiger partial charge is 0.335 e. The molecule has 0 spiro atoms. The lowest BCUT2D eigenvalue weighted by atomic mass is 10.1. The van der Waals surface area contributed by atoms with Crippen LogP contribution in [0.2, 0.25) is 0 Å². The number of nitrogens with zero attached hydrogens (tertiary/aromatic N) is 2. The molecule has 0 aliphatic carbocycles. The normalized spacial score (nSPS) is 10.8. The number of aromatic nitrogens is 2. The molecular weight excluding hydrogens is 260 g/mol. The third-order valence-corrected chi connectivity index (χ3v) is 2.56. The molecule has 0 atom stereocenters. The van der Waals surface area contributed by atoms with E-state index in [1.807, 2.05) is 0 Å². The van der Waals surface area contributed by atoms with Gasteiger partial charge >= 0.3 is 5.97 Å². The highest BCUT2D eigenvalue weighted by atomic mass is 16.5. The summed E-state index contributed by atoms with van der Waals surface area (Å²) in [5.74, 6) is 1.12. The number of carboxylic acids is 1. The lowest BCUT2D eigenvalue weighted by Gasteiger charge is -2.03. The summed E-state index contributed by atoms with van der Waals surface area (Å²) < 4.78 is 10.6. The van der Waals surface area contributed by atoms with Crippen molar-refractivity contribution >= 4 is 5.97 Å². The SMILES string of the molecule is CC(C)Cc1nc(COc2ccc(C(=O)O)cc2)no1. The molecule has 0 amide bonds. The highest BCUT2D eigenvalue weighted by Crippen LogP contribution is 2.14. The van der Waals surface area contributed by atoms with E-state index in [-0.39, 0.29) is 12.2 Å². The van der Waals surface area contributed by atoms with Crippen molar-refractivity contribution in [3.05, 3.63) is 41.5 Å². The summed E-state index contributed by atoms with van der Waals surface area (Å²) in [7, 11) is 0. The van der Waals surface area contributed by atoms with Gasteiger partial charge in [-0.1, -0.05) is 19.0 Å². The van der Waals surface area contributed by atoms with Crippen molar-refractivity contribution in [3.63, 3.8) is 0 Å². The van der Waals surface area contributed by atoms with E-state index in [0.717, 1.165) is 6.42 Å². The second kappa shape index (κ2) is 6.18. The fourth-order valence-corrected chi connectivity index (χ4v) is 1.62. The average Bonchev–Trinajstić information content (AvgIpc) is 2.83. The number of rotatable bonds is 6. The minimum absolute atomic E-state index is 0.189. The lowest BCUT2D eigenvalue weighted by molar-refractivity contribution is 0.0697. The average molecular weight is 276 g/mol. The second-order valence-corrected chi connectivity index (χ2v) is 4.82. The first kappa shape index (κ1) is 14.0. The Hall–Kier alpha value is -2.37. The summed E-state index contributed by atoms with van der Waals surface area (Å²) >= 11 is 0. The van der Waals surface area contributed by atoms with Crippen LogP contribution in [0.25, 0.3) is 0 Å². The van der Waals surface area contributed by atoms with Crippen molar-refractivity contribution in [2.75, 3.05) is 0 Å². The van der Waals surface area contributed by atoms with Crippen LogP contribution in [0.15, 0.2) is 28.8 Å². The summed E-state index contributed by atoms with van der Waals surface area (Å²) in [5, 5.41) is 12.6. The van der Waals surface area contributed by atoms with Crippen LogP contribution in [0.5, 0.6) is 5.75 Å². The molecule has 106 valence electrons. The van der Waals surface area contributed by atoms with Crippen LogP contribution in [-0.2, 0) is 13.0 Å². The van der Waals surface area contributed by atoms with E-state index in [1.54, 1.807) is 12.1 Å². The minimum Gasteiger partial charge on any atom is -0.485 e. The van der Waals surface area contributed by atoms with E-state index >= 15 is 0 Å². The number of carbonyl (C=O) groups is 1. The van der Waals surface area contributed by atoms with Gasteiger partial charge in [0.05, 0.1) is 5.56 Å². The number of hydrogen-bond acceptors (Lipinski definition) is 5. The summed E-state index contributed by atoms with van der Waals surface area (Å²) in [6.45, 7) is 4.34. The maximum absolute atomic E-state index is 10.7. The van der Waals surface area contributed by atoms with Crippen molar-refractivity contribution in [2.45, 2.75) is 26.9 Å². The summed E-state index contributed by atoms with van der Waals surface area (Å²) in [5.41, 5.74) is 0.219. The number of aromatic carboxylic acids is 1. The zero-order valence-electron chi connectivity index (χ0n) is 11.4. The van der Waals surface area contributed by atoms with Gasteiger partial charge in [-0.25, -0.2) is 4.79 Å². The Morgan fingerprint density at radius 3 is 2.65 bits per heavy atom. The standard InChI is InChI=1S/C14H16N2O4/c1-9(2)7-13-15-12(16-20-13)8-19-11-5-3-10(4-6-11)14(17)18/h3-6,9H,7-8H2,1-2H3,(H,17,18). The number of benzene rings is 1. The Morgan fingerprint density at radius 1 is 1.35 bits per heavy atom. The fourth-order valence-electron chi connectivity index (χ4n) is 1.62. The molecule has 0 unspecified atom stereocenters.